The molecule has 0 aromatic heterocycles. The Hall–Kier alpha value is -1.91. The van der Waals surface area contributed by atoms with E-state index in [-0.39, 0.29) is 19.1 Å². The van der Waals surface area contributed by atoms with Gasteiger partial charge < -0.3 is 9.64 Å². The first-order valence-electron chi connectivity index (χ1n) is 20.0. The molecule has 0 saturated heterocycles. The monoisotopic (exact) mass is 643 g/mol. The van der Waals surface area contributed by atoms with E-state index >= 15 is 0 Å². The minimum absolute atomic E-state index is 0.0719. The highest BCUT2D eigenvalue weighted by Crippen LogP contribution is 2.16. The summed E-state index contributed by atoms with van der Waals surface area (Å²) >= 11 is 0. The number of ether oxygens (including phenoxy) is 1. The zero-order valence-corrected chi connectivity index (χ0v) is 30.6. The van der Waals surface area contributed by atoms with Gasteiger partial charge in [-0.25, -0.2) is 0 Å². The summed E-state index contributed by atoms with van der Waals surface area (Å²) < 4.78 is 5.83. The third kappa shape index (κ3) is 26.2. The van der Waals surface area contributed by atoms with Gasteiger partial charge in [-0.2, -0.15) is 4.91 Å². The van der Waals surface area contributed by atoms with Gasteiger partial charge in [0.05, 0.1) is 0 Å². The highest BCUT2D eigenvalue weighted by Gasteiger charge is 2.14. The summed E-state index contributed by atoms with van der Waals surface area (Å²) in [6.07, 6.45) is 37.6. The molecule has 0 unspecified atom stereocenters. The summed E-state index contributed by atoms with van der Waals surface area (Å²) in [6, 6.07) is 7.31. The summed E-state index contributed by atoms with van der Waals surface area (Å²) in [5.41, 5.74) is 0.853. The van der Waals surface area contributed by atoms with Crippen LogP contribution in [0.25, 0.3) is 0 Å². The highest BCUT2D eigenvalue weighted by atomic mass is 16.5. The van der Waals surface area contributed by atoms with Crippen LogP contribution < -0.4 is 4.74 Å². The molecule has 1 aromatic rings. The molecule has 5 heteroatoms. The summed E-state index contributed by atoms with van der Waals surface area (Å²) in [4.78, 5) is 25.7. The van der Waals surface area contributed by atoms with Crippen molar-refractivity contribution in [2.45, 2.75) is 200 Å². The Bertz CT molecular complexity index is 765. The maximum Gasteiger partial charge on any atom is 0.260 e. The summed E-state index contributed by atoms with van der Waals surface area (Å²) in [5.74, 6) is 0.749. The predicted octanol–water partition coefficient (Wildman–Crippen LogP) is 13.1. The first kappa shape index (κ1) is 42.1. The minimum atomic E-state index is 0.0719. The van der Waals surface area contributed by atoms with Gasteiger partial charge in [0.25, 0.3) is 5.91 Å². The van der Waals surface area contributed by atoms with Crippen molar-refractivity contribution in [3.8, 4) is 5.75 Å². The molecule has 1 aromatic carbocycles. The summed E-state index contributed by atoms with van der Waals surface area (Å²) in [7, 11) is 0. The molecule has 0 aliphatic heterocycles. The minimum Gasteiger partial charge on any atom is -0.484 e. The van der Waals surface area contributed by atoms with Gasteiger partial charge in [-0.05, 0) is 30.5 Å². The number of hydrogen-bond acceptors (Lipinski definition) is 4. The quantitative estimate of drug-likeness (QED) is 0.0547. The van der Waals surface area contributed by atoms with Crippen LogP contribution in [0.5, 0.6) is 5.75 Å². The molecule has 0 atom stereocenters. The number of unbranched alkanes of at least 4 members (excludes halogenated alkanes) is 26. The second-order valence-corrected chi connectivity index (χ2v) is 13.8. The van der Waals surface area contributed by atoms with Crippen molar-refractivity contribution in [1.29, 1.82) is 0 Å². The van der Waals surface area contributed by atoms with E-state index in [2.05, 4.69) is 19.0 Å². The zero-order valence-electron chi connectivity index (χ0n) is 30.6. The van der Waals surface area contributed by atoms with E-state index < -0.39 is 0 Å². The van der Waals surface area contributed by atoms with Crippen LogP contribution in [0, 0.1) is 4.91 Å². The van der Waals surface area contributed by atoms with Crippen molar-refractivity contribution < 1.29 is 9.53 Å². The molecule has 266 valence electrons. The van der Waals surface area contributed by atoms with Crippen LogP contribution in [-0.4, -0.2) is 30.5 Å². The summed E-state index contributed by atoms with van der Waals surface area (Å²) in [5, 5.41) is 2.94. The predicted molar refractivity (Wildman–Crippen MR) is 199 cm³/mol. The fourth-order valence-electron chi connectivity index (χ4n) is 6.36. The van der Waals surface area contributed by atoms with E-state index in [1.807, 2.05) is 29.2 Å². The van der Waals surface area contributed by atoms with Crippen LogP contribution in [-0.2, 0) is 11.3 Å². The second-order valence-electron chi connectivity index (χ2n) is 13.8. The lowest BCUT2D eigenvalue weighted by Crippen LogP contribution is -2.36. The van der Waals surface area contributed by atoms with Gasteiger partial charge >= 0.3 is 0 Å². The molecule has 1 amide bonds. The van der Waals surface area contributed by atoms with Gasteiger partial charge in [0.1, 0.15) is 12.3 Å². The molecule has 0 aliphatic rings. The SMILES string of the molecule is CCCCCCCCCCCCCCCCN(CCCCCCCCCCCCCCCC)C(=O)COc1ccc(CN=O)cc1. The third-order valence-corrected chi connectivity index (χ3v) is 9.45. The van der Waals surface area contributed by atoms with Crippen LogP contribution in [0.4, 0.5) is 0 Å². The van der Waals surface area contributed by atoms with E-state index in [1.165, 1.54) is 167 Å². The molecule has 0 spiro atoms. The second kappa shape index (κ2) is 33.0. The van der Waals surface area contributed by atoms with Gasteiger partial charge in [-0.15, -0.1) is 0 Å². The Morgan fingerprint density at radius 1 is 0.522 bits per heavy atom. The van der Waals surface area contributed by atoms with Crippen molar-refractivity contribution in [1.82, 2.24) is 4.90 Å². The lowest BCUT2D eigenvalue weighted by Gasteiger charge is -2.23. The van der Waals surface area contributed by atoms with Crippen molar-refractivity contribution in [2.24, 2.45) is 5.18 Å². The first-order valence-corrected chi connectivity index (χ1v) is 20.0. The van der Waals surface area contributed by atoms with Gasteiger partial charge in [-0.1, -0.05) is 198 Å². The molecular weight excluding hydrogens is 568 g/mol. The fourth-order valence-corrected chi connectivity index (χ4v) is 6.36. The molecule has 0 N–H and O–H groups in total. The molecule has 1 rings (SSSR count). The Labute approximate surface area is 285 Å². The fraction of sp³-hybridized carbons (Fsp3) is 0.829. The topological polar surface area (TPSA) is 59.0 Å². The number of benzene rings is 1. The molecule has 5 nitrogen and oxygen atoms in total. The largest absolute Gasteiger partial charge is 0.484 e. The number of carbonyl (C=O) groups excluding carboxylic acids is 1. The molecule has 0 aliphatic carbocycles. The van der Waals surface area contributed by atoms with Crippen molar-refractivity contribution in [3.05, 3.63) is 34.7 Å². The number of nitrogens with zero attached hydrogens (tertiary/aromatic N) is 2. The molecule has 0 heterocycles. The van der Waals surface area contributed by atoms with Crippen LogP contribution in [0.15, 0.2) is 29.4 Å². The number of amides is 1. The van der Waals surface area contributed by atoms with Crippen molar-refractivity contribution in [2.75, 3.05) is 19.7 Å². The molecule has 46 heavy (non-hydrogen) atoms. The molecule has 0 radical (unpaired) electrons. The Kier molecular flexibility index (Phi) is 30.2. The van der Waals surface area contributed by atoms with Gasteiger partial charge in [0, 0.05) is 13.1 Å². The first-order chi connectivity index (χ1) is 22.7. The van der Waals surface area contributed by atoms with Gasteiger partial charge in [-0.3, -0.25) is 4.79 Å². The van der Waals surface area contributed by atoms with Crippen LogP contribution >= 0.6 is 0 Å². The average molecular weight is 643 g/mol. The Balaban J connectivity index is 2.23. The van der Waals surface area contributed by atoms with Crippen molar-refractivity contribution >= 4 is 5.91 Å². The maximum absolute atomic E-state index is 13.2. The van der Waals surface area contributed by atoms with E-state index in [9.17, 15) is 9.70 Å². The van der Waals surface area contributed by atoms with E-state index in [0.717, 1.165) is 31.5 Å². The molecule has 0 saturated carbocycles. The smallest absolute Gasteiger partial charge is 0.260 e. The Morgan fingerprint density at radius 3 is 1.17 bits per heavy atom. The summed E-state index contributed by atoms with van der Waals surface area (Å²) in [6.45, 7) is 6.47. The highest BCUT2D eigenvalue weighted by molar-refractivity contribution is 5.77. The average Bonchev–Trinajstić information content (AvgIpc) is 3.07. The van der Waals surface area contributed by atoms with E-state index in [4.69, 9.17) is 4.74 Å². The standard InChI is InChI=1S/C41H74N2O3/c1-3-5-7-9-11-13-15-17-19-21-23-25-27-29-35-43(41(44)38-46-40-33-31-39(32-34-40)37-42-45)36-30-28-26-24-22-20-18-16-14-12-10-8-6-4-2/h31-34H,3-30,35-38H2,1-2H3. The zero-order chi connectivity index (χ0) is 33.2. The van der Waals surface area contributed by atoms with Crippen LogP contribution in [0.3, 0.4) is 0 Å². The van der Waals surface area contributed by atoms with Gasteiger partial charge in [0.15, 0.2) is 6.61 Å². The molecule has 0 bridgehead atoms. The number of hydrogen-bond donors (Lipinski definition) is 0. The maximum atomic E-state index is 13.2. The van der Waals surface area contributed by atoms with Gasteiger partial charge in [0.2, 0.25) is 0 Å². The molecule has 0 fully saturated rings. The number of carbonyl (C=O) groups is 1. The lowest BCUT2D eigenvalue weighted by atomic mass is 10.0. The van der Waals surface area contributed by atoms with E-state index in [0.29, 0.717) is 5.75 Å². The third-order valence-electron chi connectivity index (χ3n) is 9.45. The Morgan fingerprint density at radius 2 is 0.848 bits per heavy atom. The van der Waals surface area contributed by atoms with Crippen LogP contribution in [0.2, 0.25) is 0 Å². The van der Waals surface area contributed by atoms with Crippen molar-refractivity contribution in [3.63, 3.8) is 0 Å². The number of nitroso groups, excluding NO2 is 1. The molecular formula is C41H74N2O3. The number of rotatable bonds is 35. The normalized spacial score (nSPS) is 11.2. The van der Waals surface area contributed by atoms with E-state index in [1.54, 1.807) is 0 Å². The van der Waals surface area contributed by atoms with Crippen LogP contribution in [0.1, 0.15) is 199 Å². The lowest BCUT2D eigenvalue weighted by molar-refractivity contribution is -0.133.